The third-order valence-electron chi connectivity index (χ3n) is 4.70. The minimum Gasteiger partial charge on any atom is -0.357 e. The molecule has 0 aromatic carbocycles. The Morgan fingerprint density at radius 1 is 1.21 bits per heavy atom. The number of anilines is 1. The van der Waals surface area contributed by atoms with E-state index in [0.29, 0.717) is 6.04 Å². The maximum Gasteiger partial charge on any atom is 0.128 e. The van der Waals surface area contributed by atoms with Crippen molar-refractivity contribution in [2.45, 2.75) is 45.6 Å². The second-order valence-corrected chi connectivity index (χ2v) is 5.88. The van der Waals surface area contributed by atoms with E-state index in [-0.39, 0.29) is 0 Å². The first kappa shape index (κ1) is 12.9. The molecule has 0 N–H and O–H groups in total. The van der Waals surface area contributed by atoms with Crippen LogP contribution in [0.25, 0.3) is 0 Å². The van der Waals surface area contributed by atoms with Gasteiger partial charge in [0.05, 0.1) is 0 Å². The Kier molecular flexibility index (Phi) is 3.74. The molecule has 19 heavy (non-hydrogen) atoms. The molecule has 1 aromatic heterocycles. The fourth-order valence-corrected chi connectivity index (χ4v) is 3.58. The molecule has 3 heterocycles. The monoisotopic (exact) mass is 259 g/mol. The molecule has 3 rings (SSSR count). The molecule has 1 atom stereocenters. The summed E-state index contributed by atoms with van der Waals surface area (Å²) >= 11 is 0. The SMILES string of the molecule is CCN1CCC[C@@H]1c1cnc(N2CCCC2)cc1C. The molecule has 3 nitrogen and oxygen atoms in total. The van der Waals surface area contributed by atoms with Gasteiger partial charge in [0.2, 0.25) is 0 Å². The van der Waals surface area contributed by atoms with Crippen LogP contribution in [0.4, 0.5) is 5.82 Å². The summed E-state index contributed by atoms with van der Waals surface area (Å²) in [5.41, 5.74) is 2.87. The lowest BCUT2D eigenvalue weighted by molar-refractivity contribution is 0.270. The van der Waals surface area contributed by atoms with Crippen molar-refractivity contribution >= 4 is 5.82 Å². The fraction of sp³-hybridized carbons (Fsp3) is 0.688. The maximum atomic E-state index is 4.73. The minimum absolute atomic E-state index is 0.602. The highest BCUT2D eigenvalue weighted by Gasteiger charge is 2.26. The second-order valence-electron chi connectivity index (χ2n) is 5.88. The van der Waals surface area contributed by atoms with E-state index in [9.17, 15) is 0 Å². The van der Waals surface area contributed by atoms with Gasteiger partial charge in [0.1, 0.15) is 5.82 Å². The number of rotatable bonds is 3. The van der Waals surface area contributed by atoms with Crippen molar-refractivity contribution in [1.82, 2.24) is 9.88 Å². The van der Waals surface area contributed by atoms with Crippen LogP contribution in [0.2, 0.25) is 0 Å². The van der Waals surface area contributed by atoms with Crippen molar-refractivity contribution in [1.29, 1.82) is 0 Å². The van der Waals surface area contributed by atoms with Gasteiger partial charge in [-0.25, -0.2) is 4.98 Å². The molecule has 2 aliphatic rings. The van der Waals surface area contributed by atoms with Crippen LogP contribution in [0, 0.1) is 6.92 Å². The summed E-state index contributed by atoms with van der Waals surface area (Å²) < 4.78 is 0. The molecule has 0 saturated carbocycles. The van der Waals surface area contributed by atoms with E-state index in [1.165, 1.54) is 62.3 Å². The van der Waals surface area contributed by atoms with Gasteiger partial charge in [0.25, 0.3) is 0 Å². The Bertz CT molecular complexity index is 438. The van der Waals surface area contributed by atoms with E-state index >= 15 is 0 Å². The van der Waals surface area contributed by atoms with Gasteiger partial charge in [-0.3, -0.25) is 4.90 Å². The molecule has 0 amide bonds. The van der Waals surface area contributed by atoms with E-state index in [4.69, 9.17) is 4.98 Å². The van der Waals surface area contributed by atoms with Crippen LogP contribution in [-0.4, -0.2) is 36.1 Å². The lowest BCUT2D eigenvalue weighted by Crippen LogP contribution is -2.24. The molecule has 2 saturated heterocycles. The van der Waals surface area contributed by atoms with Crippen LogP contribution >= 0.6 is 0 Å². The van der Waals surface area contributed by atoms with Gasteiger partial charge in [0.15, 0.2) is 0 Å². The lowest BCUT2D eigenvalue weighted by Gasteiger charge is -2.25. The zero-order valence-corrected chi connectivity index (χ0v) is 12.2. The van der Waals surface area contributed by atoms with Crippen molar-refractivity contribution in [3.8, 4) is 0 Å². The Hall–Kier alpha value is -1.09. The predicted molar refractivity (Wildman–Crippen MR) is 79.6 cm³/mol. The van der Waals surface area contributed by atoms with Gasteiger partial charge >= 0.3 is 0 Å². The van der Waals surface area contributed by atoms with Gasteiger partial charge in [-0.1, -0.05) is 6.92 Å². The number of likely N-dealkylation sites (tertiary alicyclic amines) is 1. The number of hydrogen-bond acceptors (Lipinski definition) is 3. The number of aryl methyl sites for hydroxylation is 1. The minimum atomic E-state index is 0.602. The van der Waals surface area contributed by atoms with E-state index in [0.717, 1.165) is 6.54 Å². The van der Waals surface area contributed by atoms with E-state index < -0.39 is 0 Å². The predicted octanol–water partition coefficient (Wildman–Crippen LogP) is 3.15. The summed E-state index contributed by atoms with van der Waals surface area (Å²) in [5.74, 6) is 1.18. The first-order valence-electron chi connectivity index (χ1n) is 7.75. The molecule has 3 heteroatoms. The number of aromatic nitrogens is 1. The highest BCUT2D eigenvalue weighted by molar-refractivity contribution is 5.45. The summed E-state index contributed by atoms with van der Waals surface area (Å²) in [6, 6.07) is 2.90. The molecular formula is C16H25N3. The van der Waals surface area contributed by atoms with Crippen molar-refractivity contribution in [3.63, 3.8) is 0 Å². The Morgan fingerprint density at radius 2 is 2.00 bits per heavy atom. The van der Waals surface area contributed by atoms with Crippen LogP contribution in [0.3, 0.4) is 0 Å². The fourth-order valence-electron chi connectivity index (χ4n) is 3.58. The summed E-state index contributed by atoms with van der Waals surface area (Å²) in [6.07, 6.45) is 7.39. The molecular weight excluding hydrogens is 234 g/mol. The zero-order chi connectivity index (χ0) is 13.2. The van der Waals surface area contributed by atoms with Crippen LogP contribution in [0.15, 0.2) is 12.3 Å². The molecule has 1 aromatic rings. The number of pyridine rings is 1. The average molecular weight is 259 g/mol. The van der Waals surface area contributed by atoms with Crippen LogP contribution < -0.4 is 4.90 Å². The van der Waals surface area contributed by atoms with Gasteiger partial charge in [-0.05, 0) is 62.9 Å². The largest absolute Gasteiger partial charge is 0.357 e. The molecule has 2 fully saturated rings. The maximum absolute atomic E-state index is 4.73. The first-order valence-corrected chi connectivity index (χ1v) is 7.75. The smallest absolute Gasteiger partial charge is 0.128 e. The lowest BCUT2D eigenvalue weighted by atomic mass is 10.0. The highest BCUT2D eigenvalue weighted by atomic mass is 15.2. The molecule has 104 valence electrons. The Balaban J connectivity index is 1.83. The van der Waals surface area contributed by atoms with Gasteiger partial charge < -0.3 is 4.90 Å². The quantitative estimate of drug-likeness (QED) is 0.831. The molecule has 0 unspecified atom stereocenters. The number of nitrogens with zero attached hydrogens (tertiary/aromatic N) is 3. The summed E-state index contributed by atoms with van der Waals surface area (Å²) in [4.78, 5) is 9.74. The third kappa shape index (κ3) is 2.48. The second kappa shape index (κ2) is 5.49. The van der Waals surface area contributed by atoms with Crippen LogP contribution in [0.1, 0.15) is 49.8 Å². The zero-order valence-electron chi connectivity index (χ0n) is 12.2. The van der Waals surface area contributed by atoms with E-state index in [2.05, 4.69) is 35.9 Å². The summed E-state index contributed by atoms with van der Waals surface area (Å²) in [5, 5.41) is 0. The molecule has 0 bridgehead atoms. The van der Waals surface area contributed by atoms with Crippen LogP contribution in [-0.2, 0) is 0 Å². The van der Waals surface area contributed by atoms with Crippen molar-refractivity contribution in [2.75, 3.05) is 31.1 Å². The topological polar surface area (TPSA) is 19.4 Å². The highest BCUT2D eigenvalue weighted by Crippen LogP contribution is 2.34. The van der Waals surface area contributed by atoms with E-state index in [1.807, 2.05) is 0 Å². The Labute approximate surface area is 116 Å². The van der Waals surface area contributed by atoms with Gasteiger partial charge in [-0.2, -0.15) is 0 Å². The number of hydrogen-bond donors (Lipinski definition) is 0. The molecule has 0 spiro atoms. The van der Waals surface area contributed by atoms with Crippen LogP contribution in [0.5, 0.6) is 0 Å². The van der Waals surface area contributed by atoms with Crippen molar-refractivity contribution < 1.29 is 0 Å². The molecule has 0 radical (unpaired) electrons. The average Bonchev–Trinajstić information content (AvgIpc) is 3.09. The third-order valence-corrected chi connectivity index (χ3v) is 4.70. The van der Waals surface area contributed by atoms with E-state index in [1.54, 1.807) is 0 Å². The molecule has 0 aliphatic carbocycles. The standard InChI is InChI=1S/C16H25N3/c1-3-18-10-6-7-15(18)14-12-17-16(11-13(14)2)19-8-4-5-9-19/h11-12,15H,3-10H2,1-2H3/t15-/m1/s1. The molecule has 2 aliphatic heterocycles. The Morgan fingerprint density at radius 3 is 2.68 bits per heavy atom. The first-order chi connectivity index (χ1) is 9.29. The van der Waals surface area contributed by atoms with Crippen molar-refractivity contribution in [2.24, 2.45) is 0 Å². The summed E-state index contributed by atoms with van der Waals surface area (Å²) in [7, 11) is 0. The summed E-state index contributed by atoms with van der Waals surface area (Å²) in [6.45, 7) is 9.27. The van der Waals surface area contributed by atoms with Gasteiger partial charge in [0, 0.05) is 25.3 Å². The van der Waals surface area contributed by atoms with Gasteiger partial charge in [-0.15, -0.1) is 0 Å². The normalized spacial score (nSPS) is 24.3. The van der Waals surface area contributed by atoms with Crippen molar-refractivity contribution in [3.05, 3.63) is 23.4 Å².